The van der Waals surface area contributed by atoms with Gasteiger partial charge in [0.15, 0.2) is 11.0 Å². The molecule has 3 aromatic heterocycles. The molecule has 8 heteroatoms. The van der Waals surface area contributed by atoms with Crippen molar-refractivity contribution in [1.29, 1.82) is 0 Å². The summed E-state index contributed by atoms with van der Waals surface area (Å²) < 4.78 is 4.95. The first-order chi connectivity index (χ1) is 11.5. The first-order valence-corrected chi connectivity index (χ1v) is 9.72. The third kappa shape index (κ3) is 3.54. The zero-order valence-electron chi connectivity index (χ0n) is 14.2. The molecule has 6 nitrogen and oxygen atoms in total. The number of aromatic nitrogens is 4. The van der Waals surface area contributed by atoms with Gasteiger partial charge in [-0.15, -0.1) is 11.3 Å². The molecule has 0 radical (unpaired) electrons. The lowest BCUT2D eigenvalue weighted by Gasteiger charge is -2.08. The van der Waals surface area contributed by atoms with E-state index in [1.807, 2.05) is 0 Å². The Morgan fingerprint density at radius 3 is 2.79 bits per heavy atom. The fraction of sp³-hybridized carbons (Fsp3) is 0.500. The van der Waals surface area contributed by atoms with Crippen LogP contribution >= 0.6 is 23.1 Å². The number of aromatic amines is 1. The normalized spacial score (nSPS) is 12.8. The minimum atomic E-state index is -0.0607. The van der Waals surface area contributed by atoms with Crippen LogP contribution in [0.5, 0.6) is 0 Å². The maximum absolute atomic E-state index is 12.6. The molecule has 128 valence electrons. The van der Waals surface area contributed by atoms with Gasteiger partial charge in [-0.1, -0.05) is 37.2 Å². The molecule has 0 aromatic carbocycles. The molecule has 0 amide bonds. The highest BCUT2D eigenvalue weighted by atomic mass is 32.2. The first kappa shape index (κ1) is 17.2. The highest BCUT2D eigenvalue weighted by molar-refractivity contribution is 7.98. The molecule has 0 spiro atoms. The number of thiophene rings is 1. The van der Waals surface area contributed by atoms with Gasteiger partial charge in [-0.25, -0.2) is 4.98 Å². The molecule has 0 aliphatic carbocycles. The summed E-state index contributed by atoms with van der Waals surface area (Å²) in [4.78, 5) is 26.2. The zero-order chi connectivity index (χ0) is 17.3. The molecule has 3 rings (SSSR count). The van der Waals surface area contributed by atoms with Crippen molar-refractivity contribution in [3.8, 4) is 0 Å². The Labute approximate surface area is 148 Å². The van der Waals surface area contributed by atoms with Gasteiger partial charge >= 0.3 is 0 Å². The number of rotatable bonds is 6. The van der Waals surface area contributed by atoms with E-state index in [2.05, 4.69) is 40.9 Å². The number of hydrogen-bond donors (Lipinski definition) is 1. The van der Waals surface area contributed by atoms with Crippen LogP contribution in [-0.4, -0.2) is 20.1 Å². The van der Waals surface area contributed by atoms with Gasteiger partial charge in [0.25, 0.3) is 5.56 Å². The Bertz CT molecular complexity index is 913. The second-order valence-corrected chi connectivity index (χ2v) is 8.09. The second-order valence-electron chi connectivity index (χ2n) is 5.92. The number of aryl methyl sites for hydroxylation is 2. The minimum absolute atomic E-state index is 0.0607. The van der Waals surface area contributed by atoms with Gasteiger partial charge in [0, 0.05) is 11.8 Å². The lowest BCUT2D eigenvalue weighted by molar-refractivity contribution is 0.389. The van der Waals surface area contributed by atoms with Crippen molar-refractivity contribution in [2.24, 2.45) is 5.92 Å². The van der Waals surface area contributed by atoms with E-state index < -0.39 is 0 Å². The quantitative estimate of drug-likeness (QED) is 0.528. The van der Waals surface area contributed by atoms with Crippen molar-refractivity contribution in [1.82, 2.24) is 20.1 Å². The molecule has 1 atom stereocenters. The fourth-order valence-corrected chi connectivity index (χ4v) is 4.31. The lowest BCUT2D eigenvalue weighted by atomic mass is 9.98. The van der Waals surface area contributed by atoms with Crippen LogP contribution in [0.15, 0.2) is 14.5 Å². The molecule has 0 fully saturated rings. The average molecular weight is 364 g/mol. The van der Waals surface area contributed by atoms with Crippen LogP contribution in [0.4, 0.5) is 0 Å². The van der Waals surface area contributed by atoms with Gasteiger partial charge < -0.3 is 9.51 Å². The predicted molar refractivity (Wildman–Crippen MR) is 96.7 cm³/mol. The van der Waals surface area contributed by atoms with E-state index in [-0.39, 0.29) is 5.56 Å². The molecule has 0 saturated carbocycles. The van der Waals surface area contributed by atoms with Crippen LogP contribution in [0, 0.1) is 19.8 Å². The van der Waals surface area contributed by atoms with E-state index in [4.69, 9.17) is 4.52 Å². The summed E-state index contributed by atoms with van der Waals surface area (Å²) in [7, 11) is 0. The summed E-state index contributed by atoms with van der Waals surface area (Å²) in [6.45, 7) is 8.20. The smallest absolute Gasteiger partial charge is 0.260 e. The Morgan fingerprint density at radius 1 is 1.33 bits per heavy atom. The largest absolute Gasteiger partial charge is 0.340 e. The zero-order valence-corrected chi connectivity index (χ0v) is 15.8. The third-order valence-electron chi connectivity index (χ3n) is 4.00. The highest BCUT2D eigenvalue weighted by Crippen LogP contribution is 2.30. The van der Waals surface area contributed by atoms with Gasteiger partial charge in [0.05, 0.1) is 11.1 Å². The maximum Gasteiger partial charge on any atom is 0.260 e. The van der Waals surface area contributed by atoms with E-state index >= 15 is 0 Å². The Kier molecular flexibility index (Phi) is 5.05. The molecular formula is C16H20N4O2S2. The van der Waals surface area contributed by atoms with Crippen molar-refractivity contribution in [2.75, 3.05) is 0 Å². The van der Waals surface area contributed by atoms with E-state index in [9.17, 15) is 4.79 Å². The summed E-state index contributed by atoms with van der Waals surface area (Å²) in [6.07, 6.45) is 2.02. The third-order valence-corrected chi connectivity index (χ3v) is 5.91. The van der Waals surface area contributed by atoms with Gasteiger partial charge in [-0.2, -0.15) is 4.98 Å². The number of fused-ring (bicyclic) bond motifs is 1. The SMILES string of the molecule is CC[C@@H](C)Cc1c(C)sc2nc(SCc3noc(C)n3)[nH]c(=O)c12. The van der Waals surface area contributed by atoms with Crippen LogP contribution in [0.25, 0.3) is 10.2 Å². The van der Waals surface area contributed by atoms with Crippen molar-refractivity contribution in [3.63, 3.8) is 0 Å². The average Bonchev–Trinajstić information content (AvgIpc) is 3.09. The van der Waals surface area contributed by atoms with Gasteiger partial charge in [0.1, 0.15) is 4.83 Å². The predicted octanol–water partition coefficient (Wildman–Crippen LogP) is 3.87. The minimum Gasteiger partial charge on any atom is -0.340 e. The van der Waals surface area contributed by atoms with Crippen molar-refractivity contribution in [2.45, 2.75) is 51.4 Å². The monoisotopic (exact) mass is 364 g/mol. The van der Waals surface area contributed by atoms with Crippen molar-refractivity contribution in [3.05, 3.63) is 32.5 Å². The molecule has 0 unspecified atom stereocenters. The Balaban J connectivity index is 1.89. The summed E-state index contributed by atoms with van der Waals surface area (Å²) in [5, 5.41) is 5.19. The van der Waals surface area contributed by atoms with Crippen LogP contribution in [0.1, 0.15) is 42.4 Å². The molecule has 3 heterocycles. The molecule has 1 N–H and O–H groups in total. The van der Waals surface area contributed by atoms with E-state index in [1.165, 1.54) is 16.6 Å². The van der Waals surface area contributed by atoms with E-state index in [0.717, 1.165) is 28.6 Å². The lowest BCUT2D eigenvalue weighted by Crippen LogP contribution is -2.11. The van der Waals surface area contributed by atoms with Gasteiger partial charge in [-0.05, 0) is 24.8 Å². The number of H-pyrrole nitrogens is 1. The molecule has 3 aromatic rings. The topological polar surface area (TPSA) is 84.7 Å². The fourth-order valence-electron chi connectivity index (χ4n) is 2.50. The van der Waals surface area contributed by atoms with Crippen LogP contribution in [-0.2, 0) is 12.2 Å². The molecule has 0 saturated heterocycles. The second kappa shape index (κ2) is 7.06. The van der Waals surface area contributed by atoms with Gasteiger partial charge in [-0.3, -0.25) is 4.79 Å². The first-order valence-electron chi connectivity index (χ1n) is 7.92. The number of hydrogen-bond acceptors (Lipinski definition) is 7. The summed E-state index contributed by atoms with van der Waals surface area (Å²) in [6, 6.07) is 0. The molecular weight excluding hydrogens is 344 g/mol. The molecule has 0 aliphatic rings. The molecule has 24 heavy (non-hydrogen) atoms. The molecule has 0 bridgehead atoms. The number of nitrogens with one attached hydrogen (secondary N) is 1. The Morgan fingerprint density at radius 2 is 2.12 bits per heavy atom. The Hall–Kier alpha value is -1.67. The van der Waals surface area contributed by atoms with E-state index in [0.29, 0.717) is 28.5 Å². The molecule has 0 aliphatic heterocycles. The summed E-state index contributed by atoms with van der Waals surface area (Å²) in [5.74, 6) is 2.19. The van der Waals surface area contributed by atoms with Crippen molar-refractivity contribution >= 4 is 33.3 Å². The van der Waals surface area contributed by atoms with Crippen molar-refractivity contribution < 1.29 is 4.52 Å². The highest BCUT2D eigenvalue weighted by Gasteiger charge is 2.17. The summed E-state index contributed by atoms with van der Waals surface area (Å²) >= 11 is 3.00. The van der Waals surface area contributed by atoms with Crippen LogP contribution < -0.4 is 5.56 Å². The van der Waals surface area contributed by atoms with E-state index in [1.54, 1.807) is 18.3 Å². The number of thioether (sulfide) groups is 1. The maximum atomic E-state index is 12.6. The summed E-state index contributed by atoms with van der Waals surface area (Å²) in [5.41, 5.74) is 1.08. The van der Waals surface area contributed by atoms with Gasteiger partial charge in [0.2, 0.25) is 5.89 Å². The van der Waals surface area contributed by atoms with Crippen LogP contribution in [0.2, 0.25) is 0 Å². The standard InChI is InChI=1S/C16H20N4O2S2/c1-5-8(2)6-11-9(3)24-15-13(11)14(21)18-16(19-15)23-7-12-17-10(4)22-20-12/h8H,5-7H2,1-4H3,(H,18,19,21)/t8-/m1/s1. The number of nitrogens with zero attached hydrogens (tertiary/aromatic N) is 3. The van der Waals surface area contributed by atoms with Crippen LogP contribution in [0.3, 0.4) is 0 Å².